The van der Waals surface area contributed by atoms with Crippen molar-refractivity contribution in [1.29, 1.82) is 0 Å². The summed E-state index contributed by atoms with van der Waals surface area (Å²) in [7, 11) is 0. The SMILES string of the molecule is Nc1nc(/C(=N/OC(C(=O)O)c2ccc(O)c(O)c2)C(=O)NC2C(=O)N3C(C(=O)O)=C(/C=C/C[n+]4cnc(N)c(N)c4N)CS[C@H]23)cs1. The van der Waals surface area contributed by atoms with E-state index in [1.54, 1.807) is 6.08 Å². The lowest BCUT2D eigenvalue weighted by atomic mass is 10.0. The van der Waals surface area contributed by atoms with Crippen LogP contribution in [0.4, 0.5) is 22.5 Å². The first-order valence-corrected chi connectivity index (χ1v) is 15.5. The van der Waals surface area contributed by atoms with Gasteiger partial charge in [-0.3, -0.25) is 14.5 Å². The van der Waals surface area contributed by atoms with E-state index in [-0.39, 0.29) is 51.7 Å². The molecule has 0 saturated carbocycles. The Balaban J connectivity index is 1.35. The van der Waals surface area contributed by atoms with Gasteiger partial charge in [0.15, 0.2) is 28.0 Å². The predicted octanol–water partition coefficient (Wildman–Crippen LogP) is -0.893. The van der Waals surface area contributed by atoms with Crippen molar-refractivity contribution >= 4 is 75.0 Å². The van der Waals surface area contributed by atoms with Crippen molar-refractivity contribution in [3.63, 3.8) is 0 Å². The van der Waals surface area contributed by atoms with Crippen molar-refractivity contribution in [3.05, 3.63) is 64.6 Å². The summed E-state index contributed by atoms with van der Waals surface area (Å²) in [5.74, 6) is -5.34. The minimum atomic E-state index is -1.83. The number of carbonyl (C=O) groups is 4. The molecule has 1 saturated heterocycles. The molecule has 0 spiro atoms. The molecule has 0 bridgehead atoms. The molecule has 2 amide bonds. The van der Waals surface area contributed by atoms with Gasteiger partial charge in [0, 0.05) is 16.7 Å². The number of thiazole rings is 1. The number of nitrogen functional groups attached to an aromatic ring is 4. The highest BCUT2D eigenvalue weighted by Gasteiger charge is 2.54. The van der Waals surface area contributed by atoms with Gasteiger partial charge in [-0.25, -0.2) is 19.1 Å². The van der Waals surface area contributed by atoms with Crippen LogP contribution in [0.3, 0.4) is 0 Å². The number of nitrogens with zero attached hydrogens (tertiary/aromatic N) is 5. The fourth-order valence-corrected chi connectivity index (χ4v) is 6.51. The molecular formula is C27H27N10O9S2+. The van der Waals surface area contributed by atoms with E-state index in [4.69, 9.17) is 27.8 Å². The second-order valence-electron chi connectivity index (χ2n) is 10.1. The van der Waals surface area contributed by atoms with Gasteiger partial charge in [0.1, 0.15) is 22.8 Å². The smallest absolute Gasteiger partial charge is 0.352 e. The number of carbonyl (C=O) groups excluding carboxylic acids is 2. The van der Waals surface area contributed by atoms with E-state index in [2.05, 4.69) is 20.4 Å². The van der Waals surface area contributed by atoms with E-state index >= 15 is 0 Å². The highest BCUT2D eigenvalue weighted by atomic mass is 32.2. The summed E-state index contributed by atoms with van der Waals surface area (Å²) in [4.78, 5) is 65.1. The molecule has 250 valence electrons. The number of benzene rings is 1. The molecule has 19 nitrogen and oxygen atoms in total. The number of allylic oxidation sites excluding steroid dienone is 2. The van der Waals surface area contributed by atoms with Gasteiger partial charge in [-0.15, -0.1) is 23.1 Å². The predicted molar refractivity (Wildman–Crippen MR) is 171 cm³/mol. The molecule has 2 aliphatic heterocycles. The minimum absolute atomic E-state index is 0.0477. The van der Waals surface area contributed by atoms with Crippen LogP contribution in [0.15, 0.2) is 58.5 Å². The van der Waals surface area contributed by atoms with E-state index in [9.17, 15) is 39.6 Å². The number of oxime groups is 1. The van der Waals surface area contributed by atoms with Crippen molar-refractivity contribution in [2.75, 3.05) is 28.7 Å². The van der Waals surface area contributed by atoms with E-state index in [1.165, 1.54) is 40.2 Å². The number of aliphatic carboxylic acids is 2. The first kappa shape index (κ1) is 33.3. The van der Waals surface area contributed by atoms with Crippen LogP contribution >= 0.6 is 23.1 Å². The number of thioether (sulfide) groups is 1. The molecule has 5 rings (SSSR count). The maximum absolute atomic E-state index is 13.4. The van der Waals surface area contributed by atoms with E-state index in [1.807, 2.05) is 0 Å². The number of fused-ring (bicyclic) bond motifs is 1. The number of β-lactam (4-membered cyclic amide) rings is 1. The average molecular weight is 700 g/mol. The lowest BCUT2D eigenvalue weighted by Gasteiger charge is -2.49. The minimum Gasteiger partial charge on any atom is -0.504 e. The summed E-state index contributed by atoms with van der Waals surface area (Å²) >= 11 is 2.15. The molecule has 48 heavy (non-hydrogen) atoms. The maximum Gasteiger partial charge on any atom is 0.352 e. The van der Waals surface area contributed by atoms with Crippen LogP contribution in [-0.4, -0.2) is 81.9 Å². The van der Waals surface area contributed by atoms with Gasteiger partial charge < -0.3 is 53.5 Å². The Labute approximate surface area is 277 Å². The zero-order valence-electron chi connectivity index (χ0n) is 24.4. The quantitative estimate of drug-likeness (QED) is 0.0385. The summed E-state index contributed by atoms with van der Waals surface area (Å²) in [5.41, 5.74) is 22.5. The lowest BCUT2D eigenvalue weighted by molar-refractivity contribution is -0.674. The average Bonchev–Trinajstić information content (AvgIpc) is 3.48. The highest BCUT2D eigenvalue weighted by Crippen LogP contribution is 2.40. The summed E-state index contributed by atoms with van der Waals surface area (Å²) in [6.45, 7) is 0.169. The molecule has 3 aromatic rings. The van der Waals surface area contributed by atoms with Gasteiger partial charge in [0.05, 0.1) is 6.54 Å². The number of hydrogen-bond acceptors (Lipinski definition) is 16. The van der Waals surface area contributed by atoms with Crippen LogP contribution in [0.25, 0.3) is 0 Å². The van der Waals surface area contributed by atoms with Gasteiger partial charge in [0.2, 0.25) is 24.1 Å². The largest absolute Gasteiger partial charge is 0.504 e. The summed E-state index contributed by atoms with van der Waals surface area (Å²) in [6, 6.07) is 1.97. The first-order chi connectivity index (χ1) is 22.8. The Morgan fingerprint density at radius 1 is 1.19 bits per heavy atom. The molecular weight excluding hydrogens is 672 g/mol. The molecule has 1 fully saturated rings. The topological polar surface area (TPSA) is 320 Å². The van der Waals surface area contributed by atoms with E-state index in [0.717, 1.165) is 28.4 Å². The first-order valence-electron chi connectivity index (χ1n) is 13.6. The van der Waals surface area contributed by atoms with Gasteiger partial charge in [-0.2, -0.15) is 0 Å². The standard InChI is InChI=1S/C27H26N10O9S2/c28-15-20(29)32-9-36(21(15)30)5-1-2-11-7-47-24-17(23(41)37(24)18(11)25(42)43)34-22(40)16(12-8-48-27(31)33-12)35-46-19(26(44)45)10-3-4-13(38)14(39)6-10/h1-4,6,8-9,17,19,24H,5,7H2,(H12,28,29,30,31,33,34,35,38,39,40,42,43,44,45)/p+1/b2-1+/t17?,19?,24-/m1/s1. The summed E-state index contributed by atoms with van der Waals surface area (Å²) in [6.07, 6.45) is 2.69. The van der Waals surface area contributed by atoms with Crippen LogP contribution in [0.2, 0.25) is 0 Å². The second-order valence-corrected chi connectivity index (χ2v) is 12.1. The van der Waals surface area contributed by atoms with Crippen molar-refractivity contribution in [2.45, 2.75) is 24.1 Å². The Kier molecular flexibility index (Phi) is 9.24. The molecule has 0 aliphatic carbocycles. The second kappa shape index (κ2) is 13.3. The fourth-order valence-electron chi connectivity index (χ4n) is 4.64. The number of phenols is 2. The Morgan fingerprint density at radius 2 is 1.94 bits per heavy atom. The van der Waals surface area contributed by atoms with Crippen molar-refractivity contribution in [3.8, 4) is 11.5 Å². The summed E-state index contributed by atoms with van der Waals surface area (Å²) < 4.78 is 1.49. The van der Waals surface area contributed by atoms with Gasteiger partial charge in [-0.05, 0) is 17.7 Å². The molecule has 3 atom stereocenters. The van der Waals surface area contributed by atoms with Crippen LogP contribution in [0.5, 0.6) is 11.5 Å². The monoisotopic (exact) mass is 699 g/mol. The molecule has 4 heterocycles. The van der Waals surface area contributed by atoms with Crippen LogP contribution < -0.4 is 32.8 Å². The number of anilines is 4. The number of carboxylic acid groups (broad SMARTS) is 2. The highest BCUT2D eigenvalue weighted by molar-refractivity contribution is 8.00. The van der Waals surface area contributed by atoms with Gasteiger partial charge in [-0.1, -0.05) is 28.4 Å². The third-order valence-corrected chi connectivity index (χ3v) is 9.04. The number of rotatable bonds is 11. The normalized spacial score (nSPS) is 18.3. The molecule has 21 heteroatoms. The van der Waals surface area contributed by atoms with Gasteiger partial charge in [0.25, 0.3) is 11.8 Å². The van der Waals surface area contributed by atoms with Gasteiger partial charge >= 0.3 is 11.9 Å². The van der Waals surface area contributed by atoms with Crippen molar-refractivity contribution in [2.24, 2.45) is 5.16 Å². The zero-order valence-corrected chi connectivity index (χ0v) is 26.0. The lowest BCUT2D eigenvalue weighted by Crippen LogP contribution is -2.71. The van der Waals surface area contributed by atoms with Crippen LogP contribution in [0, 0.1) is 0 Å². The summed E-state index contributed by atoms with van der Waals surface area (Å²) in [5, 5.41) is 45.9. The van der Waals surface area contributed by atoms with E-state index in [0.29, 0.717) is 5.57 Å². The third kappa shape index (κ3) is 6.43. The fraction of sp³-hybridized carbons (Fsp3) is 0.185. The molecule has 2 aliphatic rings. The molecule has 2 aromatic heterocycles. The Morgan fingerprint density at radius 3 is 2.58 bits per heavy atom. The van der Waals surface area contributed by atoms with Crippen molar-refractivity contribution < 1.29 is 49.0 Å². The number of nitrogens with one attached hydrogen (secondary N) is 1. The zero-order chi connectivity index (χ0) is 34.9. The Hall–Kier alpha value is -6.09. The van der Waals surface area contributed by atoms with Crippen LogP contribution in [0.1, 0.15) is 17.4 Å². The molecule has 0 radical (unpaired) electrons. The molecule has 1 aromatic carbocycles. The number of nitrogens with two attached hydrogens (primary N) is 4. The number of aromatic hydroxyl groups is 2. The van der Waals surface area contributed by atoms with Crippen LogP contribution in [-0.2, 0) is 30.6 Å². The number of hydrogen-bond donors (Lipinski definition) is 9. The number of phenolic OH excluding ortho intramolecular Hbond substituents is 2. The third-order valence-electron chi connectivity index (χ3n) is 7.06. The van der Waals surface area contributed by atoms with Crippen molar-refractivity contribution in [1.82, 2.24) is 20.2 Å². The number of aromatic nitrogens is 3. The maximum atomic E-state index is 13.4. The number of carboxylic acids is 2. The number of amides is 2. The molecule has 13 N–H and O–H groups in total. The molecule has 2 unspecified atom stereocenters. The van der Waals surface area contributed by atoms with E-state index < -0.39 is 58.5 Å². The Bertz CT molecular complexity index is 1930.